The van der Waals surface area contributed by atoms with Gasteiger partial charge in [-0.2, -0.15) is 0 Å². The lowest BCUT2D eigenvalue weighted by Crippen LogP contribution is -2.35. The molecule has 202 valence electrons. The smallest absolute Gasteiger partial charge is 0.341 e. The number of aliphatic hydroxyl groups excluding tert-OH is 1. The second-order valence-corrected chi connectivity index (χ2v) is 9.88. The molecule has 0 radical (unpaired) electrons. The van der Waals surface area contributed by atoms with E-state index in [9.17, 15) is 14.7 Å². The third-order valence-electron chi connectivity index (χ3n) is 6.60. The average Bonchev–Trinajstić information content (AvgIpc) is 3.40. The molecule has 11 heteroatoms. The van der Waals surface area contributed by atoms with Crippen LogP contribution in [0.15, 0.2) is 70.2 Å². The highest BCUT2D eigenvalue weighted by molar-refractivity contribution is 9.10. The van der Waals surface area contributed by atoms with E-state index in [1.54, 1.807) is 47.2 Å². The Morgan fingerprint density at radius 3 is 2.69 bits per heavy atom. The predicted molar refractivity (Wildman–Crippen MR) is 147 cm³/mol. The van der Waals surface area contributed by atoms with E-state index in [1.165, 1.54) is 6.20 Å². The van der Waals surface area contributed by atoms with E-state index >= 15 is 4.39 Å². The minimum absolute atomic E-state index is 0.0406. The number of aromatic nitrogens is 2. The Labute approximate surface area is 231 Å². The number of pyridine rings is 2. The summed E-state index contributed by atoms with van der Waals surface area (Å²) in [6.45, 7) is 0.871. The maximum Gasteiger partial charge on any atom is 0.341 e. The van der Waals surface area contributed by atoms with Gasteiger partial charge in [-0.15, -0.1) is 0 Å². The number of aliphatic hydroxyl groups is 1. The molecule has 0 amide bonds. The molecule has 9 nitrogen and oxygen atoms in total. The summed E-state index contributed by atoms with van der Waals surface area (Å²) in [5, 5.41) is 18.6. The minimum atomic E-state index is -1.40. The molecule has 1 atom stereocenters. The van der Waals surface area contributed by atoms with Gasteiger partial charge in [-0.25, -0.2) is 14.2 Å². The second-order valence-electron chi connectivity index (χ2n) is 9.02. The zero-order valence-electron chi connectivity index (χ0n) is 20.7. The Morgan fingerprint density at radius 2 is 1.97 bits per heavy atom. The maximum absolute atomic E-state index is 15.6. The SMILES string of the molecule is O=C(O)c1cn(-c2ccc(OCCO)cc2)c2cc(N3CCCC3COc3ncccc3Br)c(F)cc2c1=O. The summed E-state index contributed by atoms with van der Waals surface area (Å²) in [7, 11) is 0. The fraction of sp³-hybridized carbons (Fsp3) is 0.250. The second kappa shape index (κ2) is 11.4. The molecule has 4 aromatic rings. The van der Waals surface area contributed by atoms with Gasteiger partial charge in [0.05, 0.1) is 28.3 Å². The van der Waals surface area contributed by atoms with Crippen LogP contribution in [0.4, 0.5) is 10.1 Å². The van der Waals surface area contributed by atoms with Gasteiger partial charge in [0.25, 0.3) is 0 Å². The molecule has 2 aromatic carbocycles. The van der Waals surface area contributed by atoms with Crippen LogP contribution in [-0.4, -0.2) is 58.1 Å². The number of anilines is 1. The summed E-state index contributed by atoms with van der Waals surface area (Å²) in [6.07, 6.45) is 4.49. The number of carboxylic acid groups (broad SMARTS) is 1. The number of hydrogen-bond acceptors (Lipinski definition) is 7. The fourth-order valence-corrected chi connectivity index (χ4v) is 5.13. The van der Waals surface area contributed by atoms with Gasteiger partial charge in [-0.05, 0) is 77.3 Å². The van der Waals surface area contributed by atoms with Crippen LogP contribution in [-0.2, 0) is 0 Å². The van der Waals surface area contributed by atoms with Crippen LogP contribution >= 0.6 is 15.9 Å². The van der Waals surface area contributed by atoms with Crippen molar-refractivity contribution in [3.63, 3.8) is 0 Å². The summed E-state index contributed by atoms with van der Waals surface area (Å²) in [4.78, 5) is 31.0. The normalized spacial score (nSPS) is 15.1. The molecule has 0 saturated carbocycles. The van der Waals surface area contributed by atoms with Crippen molar-refractivity contribution in [3.8, 4) is 17.3 Å². The molecule has 1 unspecified atom stereocenters. The highest BCUT2D eigenvalue weighted by Crippen LogP contribution is 2.33. The number of rotatable bonds is 9. The Kier molecular flexibility index (Phi) is 7.80. The number of carboxylic acids is 1. The predicted octanol–water partition coefficient (Wildman–Crippen LogP) is 4.40. The number of nitrogens with zero attached hydrogens (tertiary/aromatic N) is 3. The van der Waals surface area contributed by atoms with Gasteiger partial charge in [-0.1, -0.05) is 0 Å². The van der Waals surface area contributed by atoms with Gasteiger partial charge in [0.2, 0.25) is 11.3 Å². The van der Waals surface area contributed by atoms with Crippen LogP contribution in [0.25, 0.3) is 16.6 Å². The van der Waals surface area contributed by atoms with E-state index in [2.05, 4.69) is 20.9 Å². The van der Waals surface area contributed by atoms with Crippen LogP contribution in [0.1, 0.15) is 23.2 Å². The van der Waals surface area contributed by atoms with Gasteiger partial charge in [-0.3, -0.25) is 4.79 Å². The lowest BCUT2D eigenvalue weighted by Gasteiger charge is -2.28. The first kappa shape index (κ1) is 26.6. The Balaban J connectivity index is 1.56. The molecular weight excluding hydrogens is 573 g/mol. The summed E-state index contributed by atoms with van der Waals surface area (Å²) in [5.74, 6) is -1.06. The standard InChI is InChI=1S/C28H25BrFN3O6/c29-22-4-1-9-31-27(22)39-16-18-3-2-10-32(18)25-14-24-20(13-23(25)30)26(35)21(28(36)37)15-33(24)17-5-7-19(8-6-17)38-12-11-34/h1,4-9,13-15,18,34H,2-3,10-12,16H2,(H,36,37). The van der Waals surface area contributed by atoms with Gasteiger partial charge < -0.3 is 29.2 Å². The molecule has 0 aliphatic carbocycles. The summed E-state index contributed by atoms with van der Waals surface area (Å²) in [6, 6.07) is 12.9. The molecule has 1 aliphatic heterocycles. The molecule has 1 aliphatic rings. The monoisotopic (exact) mass is 597 g/mol. The molecule has 1 fully saturated rings. The molecule has 3 heterocycles. The number of fused-ring (bicyclic) bond motifs is 1. The zero-order chi connectivity index (χ0) is 27.5. The van der Waals surface area contributed by atoms with Crippen molar-refractivity contribution >= 4 is 38.5 Å². The molecule has 2 N–H and O–H groups in total. The minimum Gasteiger partial charge on any atom is -0.491 e. The Hall–Kier alpha value is -3.96. The van der Waals surface area contributed by atoms with Crippen molar-refractivity contribution in [1.29, 1.82) is 0 Å². The third-order valence-corrected chi connectivity index (χ3v) is 7.20. The average molecular weight is 598 g/mol. The number of ether oxygens (including phenoxy) is 2. The molecule has 39 heavy (non-hydrogen) atoms. The quantitative estimate of drug-likeness (QED) is 0.292. The van der Waals surface area contributed by atoms with Crippen molar-refractivity contribution < 1.29 is 28.9 Å². The number of carbonyl (C=O) groups is 1. The Bertz CT molecular complexity index is 1580. The molecule has 5 rings (SSSR count). The van der Waals surface area contributed by atoms with E-state index in [-0.39, 0.29) is 31.2 Å². The first-order valence-corrected chi connectivity index (χ1v) is 13.1. The van der Waals surface area contributed by atoms with E-state index in [4.69, 9.17) is 14.6 Å². The number of aromatic carboxylic acids is 1. The molecule has 0 spiro atoms. The first-order chi connectivity index (χ1) is 18.9. The first-order valence-electron chi connectivity index (χ1n) is 12.3. The van der Waals surface area contributed by atoms with Crippen LogP contribution in [0, 0.1) is 5.82 Å². The summed E-state index contributed by atoms with van der Waals surface area (Å²) in [5.41, 5.74) is -0.0120. The van der Waals surface area contributed by atoms with Crippen molar-refractivity contribution in [1.82, 2.24) is 9.55 Å². The van der Waals surface area contributed by atoms with E-state index in [1.807, 2.05) is 11.0 Å². The van der Waals surface area contributed by atoms with Crippen LogP contribution in [0.5, 0.6) is 11.6 Å². The highest BCUT2D eigenvalue weighted by Gasteiger charge is 2.29. The van der Waals surface area contributed by atoms with E-state index in [0.717, 1.165) is 23.4 Å². The zero-order valence-corrected chi connectivity index (χ0v) is 22.3. The molecule has 2 aromatic heterocycles. The largest absolute Gasteiger partial charge is 0.491 e. The number of benzene rings is 2. The van der Waals surface area contributed by atoms with Crippen molar-refractivity contribution in [2.75, 3.05) is 31.3 Å². The molecule has 1 saturated heterocycles. The van der Waals surface area contributed by atoms with Crippen LogP contribution < -0.4 is 19.8 Å². The van der Waals surface area contributed by atoms with Crippen molar-refractivity contribution in [3.05, 3.63) is 87.0 Å². The molecular formula is C28H25BrFN3O6. The van der Waals surface area contributed by atoms with Gasteiger partial charge >= 0.3 is 5.97 Å². The summed E-state index contributed by atoms with van der Waals surface area (Å²) >= 11 is 3.42. The van der Waals surface area contributed by atoms with E-state index < -0.39 is 22.8 Å². The molecule has 0 bridgehead atoms. The van der Waals surface area contributed by atoms with Gasteiger partial charge in [0.1, 0.15) is 30.3 Å². The Morgan fingerprint density at radius 1 is 1.18 bits per heavy atom. The fourth-order valence-electron chi connectivity index (χ4n) is 4.77. The van der Waals surface area contributed by atoms with Gasteiger partial charge in [0.15, 0.2) is 0 Å². The van der Waals surface area contributed by atoms with E-state index in [0.29, 0.717) is 35.1 Å². The van der Waals surface area contributed by atoms with Crippen LogP contribution in [0.3, 0.4) is 0 Å². The number of halogens is 2. The topological polar surface area (TPSA) is 114 Å². The summed E-state index contributed by atoms with van der Waals surface area (Å²) < 4.78 is 29.2. The van der Waals surface area contributed by atoms with Crippen molar-refractivity contribution in [2.45, 2.75) is 18.9 Å². The van der Waals surface area contributed by atoms with Crippen molar-refractivity contribution in [2.24, 2.45) is 0 Å². The maximum atomic E-state index is 15.6. The lowest BCUT2D eigenvalue weighted by molar-refractivity contribution is 0.0695. The van der Waals surface area contributed by atoms with Crippen LogP contribution in [0.2, 0.25) is 0 Å². The highest BCUT2D eigenvalue weighted by atomic mass is 79.9. The third kappa shape index (κ3) is 5.45. The number of hydrogen-bond donors (Lipinski definition) is 2. The van der Waals surface area contributed by atoms with Gasteiger partial charge in [0, 0.05) is 30.0 Å². The lowest BCUT2D eigenvalue weighted by atomic mass is 10.1.